The molecule has 17 heavy (non-hydrogen) atoms. The van der Waals surface area contributed by atoms with Crippen LogP contribution in [-0.4, -0.2) is 10.1 Å². The fourth-order valence-corrected chi connectivity index (χ4v) is 2.01. The van der Waals surface area contributed by atoms with E-state index in [-0.39, 0.29) is 26.0 Å². The van der Waals surface area contributed by atoms with Gasteiger partial charge in [0.25, 0.3) is 5.56 Å². The van der Waals surface area contributed by atoms with Gasteiger partial charge in [0.05, 0.1) is 20.6 Å². The van der Waals surface area contributed by atoms with Crippen molar-refractivity contribution in [1.29, 1.82) is 0 Å². The van der Waals surface area contributed by atoms with Crippen molar-refractivity contribution in [3.63, 3.8) is 0 Å². The summed E-state index contributed by atoms with van der Waals surface area (Å²) in [5, 5.41) is 9.92. The number of nitrogens with one attached hydrogen (secondary N) is 1. The fraction of sp³-hybridized carbons (Fsp3) is 0. The summed E-state index contributed by atoms with van der Waals surface area (Å²) < 4.78 is 0. The first-order chi connectivity index (χ1) is 7.91. The number of benzene rings is 1. The molecule has 0 fully saturated rings. The van der Waals surface area contributed by atoms with E-state index in [2.05, 4.69) is 4.98 Å². The molecule has 88 valence electrons. The largest absolute Gasteiger partial charge is 0.507 e. The molecular weight excluding hydrogens is 288 g/mol. The van der Waals surface area contributed by atoms with Gasteiger partial charge in [0.15, 0.2) is 0 Å². The summed E-state index contributed by atoms with van der Waals surface area (Å²) in [6.07, 6.45) is 0. The van der Waals surface area contributed by atoms with Gasteiger partial charge in [-0.2, -0.15) is 0 Å². The molecule has 0 bridgehead atoms. The van der Waals surface area contributed by atoms with Crippen LogP contribution in [0.15, 0.2) is 21.7 Å². The van der Waals surface area contributed by atoms with Gasteiger partial charge in [-0.15, -0.1) is 0 Å². The van der Waals surface area contributed by atoms with Crippen LogP contribution in [0.5, 0.6) is 5.75 Å². The average Bonchev–Trinajstić information content (AvgIpc) is 2.37. The van der Waals surface area contributed by atoms with Gasteiger partial charge in [0.1, 0.15) is 5.75 Å². The van der Waals surface area contributed by atoms with Crippen molar-refractivity contribution in [2.45, 2.75) is 0 Å². The Balaban J connectivity index is 3.19. The zero-order valence-electron chi connectivity index (χ0n) is 8.05. The second kappa shape index (κ2) is 4.22. The van der Waals surface area contributed by atoms with E-state index in [4.69, 9.17) is 34.8 Å². The summed E-state index contributed by atoms with van der Waals surface area (Å²) in [6.45, 7) is 0. The van der Waals surface area contributed by atoms with Crippen LogP contribution >= 0.6 is 34.8 Å². The van der Waals surface area contributed by atoms with E-state index in [0.29, 0.717) is 0 Å². The normalized spacial score (nSPS) is 10.8. The van der Waals surface area contributed by atoms with Crippen molar-refractivity contribution >= 4 is 45.7 Å². The maximum Gasteiger partial charge on any atom is 0.296 e. The quantitative estimate of drug-likeness (QED) is 0.579. The predicted octanol–water partition coefficient (Wildman–Crippen LogP) is 2.55. The Morgan fingerprint density at radius 1 is 1.06 bits per heavy atom. The zero-order valence-corrected chi connectivity index (χ0v) is 10.3. The number of hydrogen-bond acceptors (Lipinski definition) is 3. The molecule has 0 amide bonds. The molecule has 0 aliphatic heterocycles. The van der Waals surface area contributed by atoms with Crippen LogP contribution in [0.4, 0.5) is 0 Å². The smallest absolute Gasteiger partial charge is 0.296 e. The molecule has 0 radical (unpaired) electrons. The van der Waals surface area contributed by atoms with Gasteiger partial charge in [-0.3, -0.25) is 9.59 Å². The van der Waals surface area contributed by atoms with Crippen molar-refractivity contribution in [2.75, 3.05) is 0 Å². The molecule has 7 heteroatoms. The molecule has 0 unspecified atom stereocenters. The Hall–Kier alpha value is -1.23. The summed E-state index contributed by atoms with van der Waals surface area (Å²) in [5.74, 6) is -0.399. The van der Waals surface area contributed by atoms with Crippen LogP contribution in [0.3, 0.4) is 0 Å². The Kier molecular flexibility index (Phi) is 3.03. The highest BCUT2D eigenvalue weighted by Crippen LogP contribution is 2.37. The van der Waals surface area contributed by atoms with E-state index in [9.17, 15) is 14.7 Å². The maximum absolute atomic E-state index is 11.3. The number of fused-ring (bicyclic) bond motifs is 1. The highest BCUT2D eigenvalue weighted by atomic mass is 35.5. The van der Waals surface area contributed by atoms with Gasteiger partial charge in [-0.05, 0) is 6.07 Å². The van der Waals surface area contributed by atoms with Crippen LogP contribution in [0.25, 0.3) is 10.9 Å². The first-order valence-electron chi connectivity index (χ1n) is 4.35. The summed E-state index contributed by atoms with van der Waals surface area (Å²) in [4.78, 5) is 24.8. The second-order valence-electron chi connectivity index (χ2n) is 3.26. The van der Waals surface area contributed by atoms with Gasteiger partial charge < -0.3 is 10.1 Å². The molecule has 0 spiro atoms. The monoisotopic (exact) mass is 291 g/mol. The van der Waals surface area contributed by atoms with E-state index >= 15 is 0 Å². The van der Waals surface area contributed by atoms with Crippen LogP contribution in [0, 0.1) is 0 Å². The lowest BCUT2D eigenvalue weighted by molar-refractivity contribution is 0.481. The highest BCUT2D eigenvalue weighted by molar-refractivity contribution is 6.50. The third kappa shape index (κ3) is 1.99. The SMILES string of the molecule is O=c1cc(O)c2cc(Cl)c(Cl)c(Cl)c2[nH]c1=O. The van der Waals surface area contributed by atoms with Gasteiger partial charge in [0, 0.05) is 11.5 Å². The Morgan fingerprint density at radius 3 is 2.35 bits per heavy atom. The lowest BCUT2D eigenvalue weighted by Gasteiger charge is -2.02. The van der Waals surface area contributed by atoms with E-state index in [1.165, 1.54) is 6.07 Å². The summed E-state index contributed by atoms with van der Waals surface area (Å²) in [7, 11) is 0. The minimum absolute atomic E-state index is 0.0304. The topological polar surface area (TPSA) is 70.2 Å². The van der Waals surface area contributed by atoms with Crippen molar-refractivity contribution in [1.82, 2.24) is 4.98 Å². The molecule has 0 atom stereocenters. The molecule has 2 rings (SSSR count). The minimum Gasteiger partial charge on any atom is -0.507 e. The molecule has 1 aromatic heterocycles. The number of H-pyrrole nitrogens is 1. The summed E-state index contributed by atoms with van der Waals surface area (Å²) in [5.41, 5.74) is -1.73. The maximum atomic E-state index is 11.3. The third-order valence-corrected chi connectivity index (χ3v) is 3.43. The number of aromatic nitrogens is 1. The summed E-state index contributed by atoms with van der Waals surface area (Å²) in [6, 6.07) is 2.11. The lowest BCUT2D eigenvalue weighted by Crippen LogP contribution is -2.22. The van der Waals surface area contributed by atoms with Crippen molar-refractivity contribution in [3.8, 4) is 5.75 Å². The molecule has 2 N–H and O–H groups in total. The zero-order chi connectivity index (χ0) is 12.7. The van der Waals surface area contributed by atoms with Gasteiger partial charge in [-0.1, -0.05) is 34.8 Å². The number of hydrogen-bond donors (Lipinski definition) is 2. The van der Waals surface area contributed by atoms with E-state index in [1.54, 1.807) is 0 Å². The van der Waals surface area contributed by atoms with Crippen molar-refractivity contribution in [3.05, 3.63) is 47.8 Å². The van der Waals surface area contributed by atoms with Gasteiger partial charge >= 0.3 is 0 Å². The highest BCUT2D eigenvalue weighted by Gasteiger charge is 2.12. The fourth-order valence-electron chi connectivity index (χ4n) is 1.36. The van der Waals surface area contributed by atoms with Gasteiger partial charge in [-0.25, -0.2) is 0 Å². The van der Waals surface area contributed by atoms with Crippen molar-refractivity contribution in [2.24, 2.45) is 0 Å². The standard InChI is InChI=1S/C10H4Cl3NO3/c11-4-1-3-5(15)2-6(16)10(17)14-9(3)8(13)7(4)12/h1-2,15H,(H,14,16,17). The van der Waals surface area contributed by atoms with E-state index in [1.807, 2.05) is 0 Å². The van der Waals surface area contributed by atoms with E-state index < -0.39 is 16.7 Å². The Morgan fingerprint density at radius 2 is 1.71 bits per heavy atom. The van der Waals surface area contributed by atoms with Crippen LogP contribution in [0.1, 0.15) is 0 Å². The molecular formula is C10H4Cl3NO3. The third-order valence-electron chi connectivity index (χ3n) is 2.17. The number of rotatable bonds is 0. The van der Waals surface area contributed by atoms with Crippen LogP contribution in [0.2, 0.25) is 15.1 Å². The Bertz CT molecular complexity index is 739. The minimum atomic E-state index is -0.907. The molecule has 1 aromatic carbocycles. The first kappa shape index (κ1) is 12.2. The number of halogens is 3. The Labute approximate surface area is 109 Å². The second-order valence-corrected chi connectivity index (χ2v) is 4.42. The lowest BCUT2D eigenvalue weighted by atomic mass is 10.2. The summed E-state index contributed by atoms with van der Waals surface area (Å²) >= 11 is 17.5. The van der Waals surface area contributed by atoms with Crippen molar-refractivity contribution < 1.29 is 5.11 Å². The van der Waals surface area contributed by atoms with Gasteiger partial charge in [0.2, 0.25) is 5.43 Å². The number of aromatic hydroxyl groups is 1. The van der Waals surface area contributed by atoms with Crippen LogP contribution in [-0.2, 0) is 0 Å². The molecule has 4 nitrogen and oxygen atoms in total. The van der Waals surface area contributed by atoms with Crippen LogP contribution < -0.4 is 11.0 Å². The predicted molar refractivity (Wildman–Crippen MR) is 67.5 cm³/mol. The molecule has 2 aromatic rings. The molecule has 0 aliphatic rings. The molecule has 0 saturated heterocycles. The molecule has 0 saturated carbocycles. The molecule has 0 aliphatic carbocycles. The number of aromatic amines is 1. The average molecular weight is 293 g/mol. The first-order valence-corrected chi connectivity index (χ1v) is 5.49. The molecule has 1 heterocycles. The van der Waals surface area contributed by atoms with E-state index in [0.717, 1.165) is 6.07 Å².